The van der Waals surface area contributed by atoms with Crippen LogP contribution >= 0.6 is 0 Å². The molecule has 0 aliphatic rings. The van der Waals surface area contributed by atoms with Gasteiger partial charge >= 0.3 is 0 Å². The van der Waals surface area contributed by atoms with Crippen LogP contribution < -0.4 is 0 Å². The molecule has 0 bridgehead atoms. The van der Waals surface area contributed by atoms with Crippen molar-refractivity contribution in [2.24, 2.45) is 0 Å². The predicted molar refractivity (Wildman–Crippen MR) is 219 cm³/mol. The third-order valence-corrected chi connectivity index (χ3v) is 11.2. The zero-order valence-corrected chi connectivity index (χ0v) is 28.0. The van der Waals surface area contributed by atoms with Gasteiger partial charge in [-0.25, -0.2) is 0 Å². The minimum atomic E-state index is 0.855. The van der Waals surface area contributed by atoms with Crippen molar-refractivity contribution in [1.82, 2.24) is 0 Å². The maximum atomic E-state index is 6.59. The van der Waals surface area contributed by atoms with Gasteiger partial charge in [0.25, 0.3) is 0 Å². The van der Waals surface area contributed by atoms with Crippen LogP contribution in [0.25, 0.3) is 120 Å². The molecule has 240 valence electrons. The Morgan fingerprint density at radius 2 is 0.654 bits per heavy atom. The van der Waals surface area contributed by atoms with Crippen LogP contribution in [0.5, 0.6) is 0 Å². The number of rotatable bonds is 2. The molecule has 0 aliphatic carbocycles. The summed E-state index contributed by atoms with van der Waals surface area (Å²) in [7, 11) is 0. The van der Waals surface area contributed by atoms with Gasteiger partial charge in [-0.2, -0.15) is 0 Å². The first-order valence-corrected chi connectivity index (χ1v) is 17.8. The highest BCUT2D eigenvalue weighted by atomic mass is 16.3. The molecule has 2 nitrogen and oxygen atoms in total. The molecule has 10 aromatic carbocycles. The number of benzene rings is 10. The van der Waals surface area contributed by atoms with Gasteiger partial charge in [0.05, 0.1) is 5.56 Å². The van der Waals surface area contributed by atoms with Crippen molar-refractivity contribution in [3.8, 4) is 22.3 Å². The molecule has 0 saturated heterocycles. The molecule has 0 unspecified atom stereocenters. The number of hydrogen-bond acceptors (Lipinski definition) is 2. The lowest BCUT2D eigenvalue weighted by atomic mass is 9.91. The van der Waals surface area contributed by atoms with Crippen molar-refractivity contribution in [3.05, 3.63) is 170 Å². The normalized spacial score (nSPS) is 12.2. The second kappa shape index (κ2) is 10.3. The van der Waals surface area contributed by atoms with E-state index >= 15 is 0 Å². The molecule has 12 rings (SSSR count). The number of furan rings is 2. The Balaban J connectivity index is 1.03. The third-order valence-electron chi connectivity index (χ3n) is 11.2. The molecule has 0 amide bonds. The summed E-state index contributed by atoms with van der Waals surface area (Å²) in [5.41, 5.74) is 7.98. The summed E-state index contributed by atoms with van der Waals surface area (Å²) >= 11 is 0. The minimum absolute atomic E-state index is 0.855. The molecule has 0 fully saturated rings. The molecule has 0 saturated carbocycles. The minimum Gasteiger partial charge on any atom is -0.455 e. The molecule has 12 aromatic rings. The Morgan fingerprint density at radius 3 is 1.21 bits per heavy atom. The molecule has 0 spiro atoms. The topological polar surface area (TPSA) is 26.3 Å². The number of hydrogen-bond donors (Lipinski definition) is 0. The van der Waals surface area contributed by atoms with Gasteiger partial charge < -0.3 is 8.83 Å². The molecule has 0 atom stereocenters. The molecule has 2 heteroatoms. The van der Waals surface area contributed by atoms with Gasteiger partial charge in [0.1, 0.15) is 22.3 Å². The largest absolute Gasteiger partial charge is 0.455 e. The quantitative estimate of drug-likeness (QED) is 0.173. The van der Waals surface area contributed by atoms with Crippen molar-refractivity contribution in [2.75, 3.05) is 0 Å². The Hall–Kier alpha value is -6.90. The van der Waals surface area contributed by atoms with E-state index in [1.54, 1.807) is 0 Å². The fourth-order valence-corrected chi connectivity index (χ4v) is 8.79. The van der Waals surface area contributed by atoms with Crippen molar-refractivity contribution in [2.45, 2.75) is 0 Å². The highest BCUT2D eigenvalue weighted by molar-refractivity contribution is 6.26. The summed E-state index contributed by atoms with van der Waals surface area (Å²) in [4.78, 5) is 0. The van der Waals surface area contributed by atoms with Gasteiger partial charge in [-0.3, -0.25) is 0 Å². The second-order valence-electron chi connectivity index (χ2n) is 14.0. The fourth-order valence-electron chi connectivity index (χ4n) is 8.79. The first kappa shape index (κ1) is 27.9. The highest BCUT2D eigenvalue weighted by Crippen LogP contribution is 2.45. The number of para-hydroxylation sites is 2. The summed E-state index contributed by atoms with van der Waals surface area (Å²) < 4.78 is 13.2. The molecule has 52 heavy (non-hydrogen) atoms. The lowest BCUT2D eigenvalue weighted by Gasteiger charge is -2.13. The van der Waals surface area contributed by atoms with Gasteiger partial charge in [0.15, 0.2) is 0 Å². The predicted octanol–water partition coefficient (Wildman–Crippen LogP) is 14.6. The lowest BCUT2D eigenvalue weighted by molar-refractivity contribution is 0.658. The van der Waals surface area contributed by atoms with E-state index in [4.69, 9.17) is 8.83 Å². The van der Waals surface area contributed by atoms with Gasteiger partial charge in [-0.05, 0) is 107 Å². The van der Waals surface area contributed by atoms with Crippen molar-refractivity contribution in [1.29, 1.82) is 0 Å². The first-order chi connectivity index (χ1) is 25.8. The zero-order valence-electron chi connectivity index (χ0n) is 28.0. The van der Waals surface area contributed by atoms with E-state index in [1.165, 1.54) is 65.0 Å². The van der Waals surface area contributed by atoms with Gasteiger partial charge in [0.2, 0.25) is 0 Å². The monoisotopic (exact) mass is 660 g/mol. The average Bonchev–Trinajstić information content (AvgIpc) is 3.77. The van der Waals surface area contributed by atoms with Gasteiger partial charge in [-0.1, -0.05) is 133 Å². The standard InChI is InChI=1S/C50H28O2/c1-2-11-38-36(9-1)37-10-3-4-12-39(37)43-27-30(20-24-40(38)43)29-19-22-34-31(25-29)17-18-32-26-33(21-23-35(32)34)48-49-44(41-13-5-7-15-46(41)51-49)28-45-42-14-6-8-16-47(42)52-50(45)48/h1-28H. The van der Waals surface area contributed by atoms with Crippen LogP contribution in [0.1, 0.15) is 0 Å². The maximum absolute atomic E-state index is 6.59. The van der Waals surface area contributed by atoms with E-state index in [9.17, 15) is 0 Å². The van der Waals surface area contributed by atoms with E-state index in [1.807, 2.05) is 24.3 Å². The van der Waals surface area contributed by atoms with Crippen LogP contribution in [-0.4, -0.2) is 0 Å². The SMILES string of the molecule is c1ccc2c(c1)oc1c(-c3ccc4c(ccc5cc(-c6ccc7c8ccccc8c8ccccc8c7c6)ccc54)c3)c3oc4ccccc4c3cc12. The molecule has 0 radical (unpaired) electrons. The third kappa shape index (κ3) is 3.84. The molecule has 2 aromatic heterocycles. The van der Waals surface area contributed by atoms with Crippen molar-refractivity contribution < 1.29 is 8.83 Å². The number of fused-ring (bicyclic) bond motifs is 15. The summed E-state index contributed by atoms with van der Waals surface area (Å²) in [6.07, 6.45) is 0. The van der Waals surface area contributed by atoms with Gasteiger partial charge in [0, 0.05) is 21.5 Å². The summed E-state index contributed by atoms with van der Waals surface area (Å²) in [6, 6.07) is 61.5. The van der Waals surface area contributed by atoms with Crippen LogP contribution in [-0.2, 0) is 0 Å². The van der Waals surface area contributed by atoms with E-state index in [2.05, 4.69) is 146 Å². The van der Waals surface area contributed by atoms with E-state index in [-0.39, 0.29) is 0 Å². The smallest absolute Gasteiger partial charge is 0.147 e. The van der Waals surface area contributed by atoms with Crippen LogP contribution in [0.2, 0.25) is 0 Å². The Kier molecular flexibility index (Phi) is 5.53. The Bertz CT molecular complexity index is 3340. The molecule has 0 N–H and O–H groups in total. The average molecular weight is 661 g/mol. The van der Waals surface area contributed by atoms with E-state index in [0.29, 0.717) is 0 Å². The molecular formula is C50H28O2. The summed E-state index contributed by atoms with van der Waals surface area (Å²) in [5.74, 6) is 0. The molecule has 2 heterocycles. The van der Waals surface area contributed by atoms with E-state index < -0.39 is 0 Å². The van der Waals surface area contributed by atoms with Crippen LogP contribution in [0.4, 0.5) is 0 Å². The van der Waals surface area contributed by atoms with Crippen LogP contribution in [0.3, 0.4) is 0 Å². The van der Waals surface area contributed by atoms with Gasteiger partial charge in [-0.15, -0.1) is 0 Å². The summed E-state index contributed by atoms with van der Waals surface area (Å²) in [5, 5.41) is 17.1. The highest BCUT2D eigenvalue weighted by Gasteiger charge is 2.21. The van der Waals surface area contributed by atoms with E-state index in [0.717, 1.165) is 55.0 Å². The Morgan fingerprint density at radius 1 is 0.250 bits per heavy atom. The zero-order chi connectivity index (χ0) is 33.9. The fraction of sp³-hybridized carbons (Fsp3) is 0. The maximum Gasteiger partial charge on any atom is 0.147 e. The Labute approximate surface area is 297 Å². The molecular weight excluding hydrogens is 633 g/mol. The van der Waals surface area contributed by atoms with Crippen LogP contribution in [0.15, 0.2) is 179 Å². The lowest BCUT2D eigenvalue weighted by Crippen LogP contribution is -1.86. The summed E-state index contributed by atoms with van der Waals surface area (Å²) in [6.45, 7) is 0. The first-order valence-electron chi connectivity index (χ1n) is 17.8. The van der Waals surface area contributed by atoms with Crippen molar-refractivity contribution >= 4 is 97.7 Å². The van der Waals surface area contributed by atoms with Crippen molar-refractivity contribution in [3.63, 3.8) is 0 Å². The molecule has 0 aliphatic heterocycles. The second-order valence-corrected chi connectivity index (χ2v) is 14.0. The van der Waals surface area contributed by atoms with Crippen LogP contribution in [0, 0.1) is 0 Å².